The maximum absolute atomic E-state index is 13.6. The monoisotopic (exact) mass is 290 g/mol. The minimum absolute atomic E-state index is 0.0435. The zero-order valence-corrected chi connectivity index (χ0v) is 11.9. The number of hydrogen-bond donors (Lipinski definition) is 1. The molecule has 2 rings (SSSR count). The van der Waals surface area contributed by atoms with E-state index in [2.05, 4.69) is 15.3 Å². The Morgan fingerprint density at radius 3 is 2.67 bits per heavy atom. The van der Waals surface area contributed by atoms with Crippen LogP contribution in [0.4, 0.5) is 15.9 Å². The smallest absolute Gasteiger partial charge is 0.318 e. The number of benzene rings is 1. The van der Waals surface area contributed by atoms with Crippen LogP contribution in [0.1, 0.15) is 10.4 Å². The lowest BCUT2D eigenvalue weighted by molar-refractivity contribution is 0.102. The van der Waals surface area contributed by atoms with Gasteiger partial charge in [0.25, 0.3) is 5.91 Å². The Balaban J connectivity index is 2.31. The third-order valence-corrected chi connectivity index (χ3v) is 2.72. The molecule has 0 bridgehead atoms. The second-order valence-electron chi connectivity index (χ2n) is 4.42. The van der Waals surface area contributed by atoms with Gasteiger partial charge in [0.2, 0.25) is 0 Å². The number of anilines is 2. The normalized spacial score (nSPS) is 10.1. The minimum atomic E-state index is -0.587. The zero-order valence-electron chi connectivity index (χ0n) is 11.9. The van der Waals surface area contributed by atoms with Crippen LogP contribution >= 0.6 is 0 Å². The number of carbonyl (C=O) groups is 1. The summed E-state index contributed by atoms with van der Waals surface area (Å²) in [6.07, 6.45) is 1.42. The van der Waals surface area contributed by atoms with E-state index in [1.54, 1.807) is 25.1 Å². The fourth-order valence-electron chi connectivity index (χ4n) is 1.72. The molecule has 1 aromatic carbocycles. The number of carbonyl (C=O) groups excluding carboxylic acids is 1. The van der Waals surface area contributed by atoms with Crippen molar-refractivity contribution < 1.29 is 13.9 Å². The molecule has 0 fully saturated rings. The number of nitrogens with one attached hydrogen (secondary N) is 1. The molecule has 1 aromatic heterocycles. The first-order valence-electron chi connectivity index (χ1n) is 6.17. The summed E-state index contributed by atoms with van der Waals surface area (Å²) >= 11 is 0. The van der Waals surface area contributed by atoms with Crippen LogP contribution in [0.5, 0.6) is 6.01 Å². The molecule has 1 N–H and O–H groups in total. The highest BCUT2D eigenvalue weighted by Crippen LogP contribution is 2.23. The molecule has 0 saturated carbocycles. The summed E-state index contributed by atoms with van der Waals surface area (Å²) in [4.78, 5) is 21.9. The summed E-state index contributed by atoms with van der Waals surface area (Å²) in [5, 5.41) is 2.60. The molecule has 0 aliphatic heterocycles. The highest BCUT2D eigenvalue weighted by atomic mass is 19.1. The first kappa shape index (κ1) is 14.7. The first-order valence-corrected chi connectivity index (χ1v) is 6.17. The van der Waals surface area contributed by atoms with Crippen LogP contribution in [0.3, 0.4) is 0 Å². The van der Waals surface area contributed by atoms with Crippen LogP contribution in [-0.4, -0.2) is 37.1 Å². The lowest BCUT2D eigenvalue weighted by Gasteiger charge is -2.16. The van der Waals surface area contributed by atoms with Crippen molar-refractivity contribution in [1.82, 2.24) is 9.97 Å². The van der Waals surface area contributed by atoms with E-state index in [4.69, 9.17) is 4.74 Å². The lowest BCUT2D eigenvalue weighted by Crippen LogP contribution is -2.19. The van der Waals surface area contributed by atoms with Gasteiger partial charge in [0.15, 0.2) is 5.82 Å². The molecular formula is C14H15FN4O2. The summed E-state index contributed by atoms with van der Waals surface area (Å²) in [5.74, 6) is -0.688. The van der Waals surface area contributed by atoms with Crippen molar-refractivity contribution in [2.75, 3.05) is 31.4 Å². The van der Waals surface area contributed by atoms with Gasteiger partial charge in [-0.3, -0.25) is 4.79 Å². The number of hydrogen-bond acceptors (Lipinski definition) is 5. The third kappa shape index (κ3) is 3.25. The molecule has 7 heteroatoms. The summed E-state index contributed by atoms with van der Waals surface area (Å²) in [7, 11) is 4.98. The van der Waals surface area contributed by atoms with Gasteiger partial charge in [0, 0.05) is 14.1 Å². The molecule has 0 radical (unpaired) electrons. The van der Waals surface area contributed by atoms with Crippen LogP contribution in [0.15, 0.2) is 30.5 Å². The van der Waals surface area contributed by atoms with Gasteiger partial charge in [-0.05, 0) is 12.1 Å². The van der Waals surface area contributed by atoms with Gasteiger partial charge in [-0.25, -0.2) is 9.37 Å². The highest BCUT2D eigenvalue weighted by molar-refractivity contribution is 6.05. The topological polar surface area (TPSA) is 67.3 Å². The van der Waals surface area contributed by atoms with Gasteiger partial charge in [-0.1, -0.05) is 12.1 Å². The molecule has 1 amide bonds. The van der Waals surface area contributed by atoms with Crippen molar-refractivity contribution in [2.45, 2.75) is 0 Å². The molecule has 2 aromatic rings. The van der Waals surface area contributed by atoms with Gasteiger partial charge >= 0.3 is 6.01 Å². The standard InChI is InChI=1S/C14H15FN4O2/c1-19(2)12-11(8-16-14(18-12)21-3)17-13(20)9-6-4-5-7-10(9)15/h4-8H,1-3H3,(H,17,20). The van der Waals surface area contributed by atoms with Gasteiger partial charge in [0.1, 0.15) is 11.5 Å². The second kappa shape index (κ2) is 6.17. The Kier molecular flexibility index (Phi) is 4.32. The van der Waals surface area contributed by atoms with E-state index >= 15 is 0 Å². The van der Waals surface area contributed by atoms with Gasteiger partial charge in [-0.15, -0.1) is 0 Å². The van der Waals surface area contributed by atoms with E-state index in [1.807, 2.05) is 0 Å². The average Bonchev–Trinajstić information content (AvgIpc) is 2.47. The maximum Gasteiger partial charge on any atom is 0.318 e. The fourth-order valence-corrected chi connectivity index (χ4v) is 1.72. The van der Waals surface area contributed by atoms with Crippen LogP contribution in [0.2, 0.25) is 0 Å². The summed E-state index contributed by atoms with van der Waals surface area (Å²) in [6, 6.07) is 5.93. The number of methoxy groups -OCH3 is 1. The van der Waals surface area contributed by atoms with Crippen molar-refractivity contribution >= 4 is 17.4 Å². The van der Waals surface area contributed by atoms with Crippen LogP contribution in [0, 0.1) is 5.82 Å². The van der Waals surface area contributed by atoms with Crippen molar-refractivity contribution in [3.63, 3.8) is 0 Å². The fraction of sp³-hybridized carbons (Fsp3) is 0.214. The summed E-state index contributed by atoms with van der Waals surface area (Å²) < 4.78 is 18.5. The first-order chi connectivity index (χ1) is 10.0. The highest BCUT2D eigenvalue weighted by Gasteiger charge is 2.15. The lowest BCUT2D eigenvalue weighted by atomic mass is 10.2. The third-order valence-electron chi connectivity index (χ3n) is 2.72. The number of ether oxygens (including phenoxy) is 1. The van der Waals surface area contributed by atoms with E-state index in [1.165, 1.54) is 31.5 Å². The number of halogens is 1. The molecule has 0 unspecified atom stereocenters. The average molecular weight is 290 g/mol. The van der Waals surface area contributed by atoms with Crippen molar-refractivity contribution in [2.24, 2.45) is 0 Å². The molecular weight excluding hydrogens is 275 g/mol. The van der Waals surface area contributed by atoms with Gasteiger partial charge in [-0.2, -0.15) is 4.98 Å². The van der Waals surface area contributed by atoms with E-state index < -0.39 is 11.7 Å². The summed E-state index contributed by atoms with van der Waals surface area (Å²) in [5.41, 5.74) is 0.326. The molecule has 1 heterocycles. The van der Waals surface area contributed by atoms with Crippen molar-refractivity contribution in [3.8, 4) is 6.01 Å². The summed E-state index contributed by atoms with van der Waals surface area (Å²) in [6.45, 7) is 0. The Labute approximate surface area is 121 Å². The molecule has 21 heavy (non-hydrogen) atoms. The Bertz CT molecular complexity index is 661. The molecule has 0 atom stereocenters. The minimum Gasteiger partial charge on any atom is -0.467 e. The van der Waals surface area contributed by atoms with Crippen LogP contribution in [-0.2, 0) is 0 Å². The zero-order chi connectivity index (χ0) is 15.4. The predicted molar refractivity (Wildman–Crippen MR) is 77.3 cm³/mol. The molecule has 6 nitrogen and oxygen atoms in total. The van der Waals surface area contributed by atoms with Crippen molar-refractivity contribution in [3.05, 3.63) is 41.8 Å². The molecule has 0 spiro atoms. The van der Waals surface area contributed by atoms with Crippen LogP contribution < -0.4 is 15.0 Å². The Hall–Kier alpha value is -2.70. The number of amides is 1. The molecule has 110 valence electrons. The SMILES string of the molecule is COc1ncc(NC(=O)c2ccccc2F)c(N(C)C)n1. The Morgan fingerprint density at radius 2 is 2.05 bits per heavy atom. The van der Waals surface area contributed by atoms with E-state index in [-0.39, 0.29) is 11.6 Å². The van der Waals surface area contributed by atoms with Gasteiger partial charge < -0.3 is 15.0 Å². The quantitative estimate of drug-likeness (QED) is 0.932. The van der Waals surface area contributed by atoms with E-state index in [0.29, 0.717) is 11.5 Å². The van der Waals surface area contributed by atoms with E-state index in [0.717, 1.165) is 0 Å². The van der Waals surface area contributed by atoms with Crippen LogP contribution in [0.25, 0.3) is 0 Å². The molecule has 0 saturated heterocycles. The molecule has 0 aliphatic carbocycles. The molecule has 0 aliphatic rings. The number of rotatable bonds is 4. The Morgan fingerprint density at radius 1 is 1.33 bits per heavy atom. The number of nitrogens with zero attached hydrogens (tertiary/aromatic N) is 3. The van der Waals surface area contributed by atoms with E-state index in [9.17, 15) is 9.18 Å². The maximum atomic E-state index is 13.6. The van der Waals surface area contributed by atoms with Crippen molar-refractivity contribution in [1.29, 1.82) is 0 Å². The number of aromatic nitrogens is 2. The van der Waals surface area contributed by atoms with Gasteiger partial charge in [0.05, 0.1) is 18.9 Å². The predicted octanol–water partition coefficient (Wildman–Crippen LogP) is 1.94. The second-order valence-corrected chi connectivity index (χ2v) is 4.42. The largest absolute Gasteiger partial charge is 0.467 e.